The molecule has 1 amide bonds. The summed E-state index contributed by atoms with van der Waals surface area (Å²) in [5.41, 5.74) is 0.328. The van der Waals surface area contributed by atoms with E-state index in [1.54, 1.807) is 0 Å². The highest BCUT2D eigenvalue weighted by molar-refractivity contribution is 5.97. The third kappa shape index (κ3) is 3.37. The van der Waals surface area contributed by atoms with Crippen molar-refractivity contribution in [2.75, 3.05) is 6.61 Å². The van der Waals surface area contributed by atoms with Crippen LogP contribution in [0.1, 0.15) is 42.6 Å². The summed E-state index contributed by atoms with van der Waals surface area (Å²) in [5, 5.41) is 11.7. The number of benzene rings is 1. The Kier molecular flexibility index (Phi) is 4.10. The zero-order chi connectivity index (χ0) is 14.8. The molecule has 1 fully saturated rings. The topological polar surface area (TPSA) is 49.3 Å². The molecule has 1 aliphatic rings. The summed E-state index contributed by atoms with van der Waals surface area (Å²) in [6, 6.07) is 3.89. The number of hydrogen-bond acceptors (Lipinski definition) is 2. The fourth-order valence-electron chi connectivity index (χ4n) is 2.22. The Labute approximate surface area is 118 Å². The van der Waals surface area contributed by atoms with Gasteiger partial charge in [0.05, 0.1) is 5.56 Å². The summed E-state index contributed by atoms with van der Waals surface area (Å²) in [6.45, 7) is 3.65. The van der Waals surface area contributed by atoms with E-state index in [0.29, 0.717) is 11.5 Å². The highest BCUT2D eigenvalue weighted by Gasteiger charge is 2.39. The van der Waals surface area contributed by atoms with E-state index in [2.05, 4.69) is 17.2 Å². The van der Waals surface area contributed by atoms with Gasteiger partial charge in [-0.2, -0.15) is 0 Å². The number of aliphatic hydroxyl groups excluding tert-OH is 1. The molecular weight excluding hydrogens is 257 g/mol. The Morgan fingerprint density at radius 1 is 1.50 bits per heavy atom. The first-order chi connectivity index (χ1) is 9.44. The number of nitrogens with one attached hydrogen (secondary N) is 1. The Morgan fingerprint density at radius 2 is 2.20 bits per heavy atom. The van der Waals surface area contributed by atoms with Crippen LogP contribution in [-0.4, -0.2) is 23.2 Å². The van der Waals surface area contributed by atoms with E-state index in [9.17, 15) is 9.18 Å². The maximum atomic E-state index is 13.4. The van der Waals surface area contributed by atoms with Gasteiger partial charge >= 0.3 is 0 Å². The molecule has 0 spiro atoms. The largest absolute Gasteiger partial charge is 0.384 e. The van der Waals surface area contributed by atoms with Crippen molar-refractivity contribution in [3.8, 4) is 11.8 Å². The molecule has 0 bridgehead atoms. The molecule has 20 heavy (non-hydrogen) atoms. The minimum atomic E-state index is -0.478. The SMILES string of the molecule is CC(C)(NC(=O)c1cc(F)ccc1C#CCO)C1CC1. The second kappa shape index (κ2) is 5.64. The smallest absolute Gasteiger partial charge is 0.253 e. The molecule has 0 radical (unpaired) electrons. The zero-order valence-electron chi connectivity index (χ0n) is 11.7. The van der Waals surface area contributed by atoms with Crippen molar-refractivity contribution >= 4 is 5.91 Å². The highest BCUT2D eigenvalue weighted by Crippen LogP contribution is 2.39. The van der Waals surface area contributed by atoms with Gasteiger partial charge in [-0.3, -0.25) is 4.79 Å². The first kappa shape index (κ1) is 14.5. The van der Waals surface area contributed by atoms with E-state index in [1.807, 2.05) is 13.8 Å². The van der Waals surface area contributed by atoms with Crippen LogP contribution >= 0.6 is 0 Å². The summed E-state index contributed by atoms with van der Waals surface area (Å²) in [4.78, 5) is 12.3. The van der Waals surface area contributed by atoms with Crippen molar-refractivity contribution in [1.82, 2.24) is 5.32 Å². The van der Waals surface area contributed by atoms with Gasteiger partial charge in [-0.15, -0.1) is 0 Å². The Hall–Kier alpha value is -1.86. The van der Waals surface area contributed by atoms with E-state index in [-0.39, 0.29) is 23.6 Å². The molecular formula is C16H18FNO2. The number of halogens is 1. The lowest BCUT2D eigenvalue weighted by Crippen LogP contribution is -2.45. The predicted octanol–water partition coefficient (Wildman–Crippen LogP) is 2.09. The fraction of sp³-hybridized carbons (Fsp3) is 0.438. The van der Waals surface area contributed by atoms with Crippen molar-refractivity contribution in [2.24, 2.45) is 5.92 Å². The summed E-state index contributed by atoms with van der Waals surface area (Å²) in [6.07, 6.45) is 2.21. The number of carbonyl (C=O) groups is 1. The van der Waals surface area contributed by atoms with Gasteiger partial charge < -0.3 is 10.4 Å². The average Bonchev–Trinajstić information content (AvgIpc) is 3.21. The van der Waals surface area contributed by atoms with E-state index < -0.39 is 5.82 Å². The van der Waals surface area contributed by atoms with Crippen molar-refractivity contribution in [1.29, 1.82) is 0 Å². The summed E-state index contributed by atoms with van der Waals surface area (Å²) in [7, 11) is 0. The lowest BCUT2D eigenvalue weighted by Gasteiger charge is -2.26. The van der Waals surface area contributed by atoms with Crippen LogP contribution in [0.2, 0.25) is 0 Å². The van der Waals surface area contributed by atoms with Gasteiger partial charge in [-0.05, 0) is 50.8 Å². The van der Waals surface area contributed by atoms with Gasteiger partial charge in [0, 0.05) is 11.1 Å². The summed E-state index contributed by atoms with van der Waals surface area (Å²) < 4.78 is 13.4. The van der Waals surface area contributed by atoms with Gasteiger partial charge in [0.15, 0.2) is 0 Å². The third-order valence-electron chi connectivity index (χ3n) is 3.56. The van der Waals surface area contributed by atoms with Crippen LogP contribution in [0.5, 0.6) is 0 Å². The minimum Gasteiger partial charge on any atom is -0.384 e. The molecule has 0 aromatic heterocycles. The summed E-state index contributed by atoms with van der Waals surface area (Å²) in [5.74, 6) is 4.83. The first-order valence-corrected chi connectivity index (χ1v) is 6.66. The van der Waals surface area contributed by atoms with Crippen molar-refractivity contribution in [3.63, 3.8) is 0 Å². The lowest BCUT2D eigenvalue weighted by molar-refractivity contribution is 0.0902. The highest BCUT2D eigenvalue weighted by atomic mass is 19.1. The Balaban J connectivity index is 2.26. The molecule has 0 saturated heterocycles. The molecule has 0 heterocycles. The van der Waals surface area contributed by atoms with Crippen LogP contribution in [0.25, 0.3) is 0 Å². The third-order valence-corrected chi connectivity index (χ3v) is 3.56. The Bertz CT molecular complexity index is 580. The molecule has 1 aromatic carbocycles. The van der Waals surface area contributed by atoms with Crippen LogP contribution in [0.15, 0.2) is 18.2 Å². The van der Waals surface area contributed by atoms with Crippen LogP contribution in [0, 0.1) is 23.6 Å². The van der Waals surface area contributed by atoms with Crippen LogP contribution in [0.4, 0.5) is 4.39 Å². The lowest BCUT2D eigenvalue weighted by atomic mass is 9.97. The second-order valence-corrected chi connectivity index (χ2v) is 5.60. The molecule has 1 aliphatic carbocycles. The molecule has 2 N–H and O–H groups in total. The van der Waals surface area contributed by atoms with Gasteiger partial charge in [0.1, 0.15) is 12.4 Å². The Morgan fingerprint density at radius 3 is 2.80 bits per heavy atom. The van der Waals surface area contributed by atoms with Crippen LogP contribution in [-0.2, 0) is 0 Å². The maximum absolute atomic E-state index is 13.4. The van der Waals surface area contributed by atoms with E-state index in [1.165, 1.54) is 18.2 Å². The molecule has 1 saturated carbocycles. The normalized spacial score (nSPS) is 14.4. The predicted molar refractivity (Wildman–Crippen MR) is 74.6 cm³/mol. The van der Waals surface area contributed by atoms with Gasteiger partial charge in [0.2, 0.25) is 0 Å². The number of aliphatic hydroxyl groups is 1. The van der Waals surface area contributed by atoms with Crippen LogP contribution in [0.3, 0.4) is 0 Å². The maximum Gasteiger partial charge on any atom is 0.253 e. The number of amides is 1. The van der Waals surface area contributed by atoms with Crippen LogP contribution < -0.4 is 5.32 Å². The van der Waals surface area contributed by atoms with Gasteiger partial charge in [0.25, 0.3) is 5.91 Å². The molecule has 0 atom stereocenters. The number of hydrogen-bond donors (Lipinski definition) is 2. The molecule has 3 nitrogen and oxygen atoms in total. The van der Waals surface area contributed by atoms with Crippen molar-refractivity contribution in [2.45, 2.75) is 32.2 Å². The first-order valence-electron chi connectivity index (χ1n) is 6.66. The number of carbonyl (C=O) groups excluding carboxylic acids is 1. The van der Waals surface area contributed by atoms with Crippen molar-refractivity contribution < 1.29 is 14.3 Å². The molecule has 0 aliphatic heterocycles. The van der Waals surface area contributed by atoms with E-state index in [0.717, 1.165) is 12.8 Å². The fourth-order valence-corrected chi connectivity index (χ4v) is 2.22. The van der Waals surface area contributed by atoms with Gasteiger partial charge in [-0.1, -0.05) is 11.8 Å². The quantitative estimate of drug-likeness (QED) is 0.830. The standard InChI is InChI=1S/C16H18FNO2/c1-16(2,12-6-7-12)18-15(20)14-10-13(17)8-5-11(14)4-3-9-19/h5,8,10,12,19H,6-7,9H2,1-2H3,(H,18,20). The number of rotatable bonds is 3. The zero-order valence-corrected chi connectivity index (χ0v) is 11.7. The molecule has 0 unspecified atom stereocenters. The second-order valence-electron chi connectivity index (χ2n) is 5.60. The van der Waals surface area contributed by atoms with E-state index >= 15 is 0 Å². The van der Waals surface area contributed by atoms with Gasteiger partial charge in [-0.25, -0.2) is 4.39 Å². The van der Waals surface area contributed by atoms with E-state index in [4.69, 9.17) is 5.11 Å². The molecule has 2 rings (SSSR count). The monoisotopic (exact) mass is 275 g/mol. The molecule has 106 valence electrons. The molecule has 4 heteroatoms. The summed E-state index contributed by atoms with van der Waals surface area (Å²) >= 11 is 0. The molecule has 1 aromatic rings. The average molecular weight is 275 g/mol. The minimum absolute atomic E-state index is 0.208. The van der Waals surface area contributed by atoms with Crippen molar-refractivity contribution in [3.05, 3.63) is 35.1 Å².